The van der Waals surface area contributed by atoms with E-state index in [-0.39, 0.29) is 12.4 Å². The Morgan fingerprint density at radius 3 is 2.69 bits per heavy atom. The normalized spacial score (nSPS) is 17.3. The summed E-state index contributed by atoms with van der Waals surface area (Å²) in [5, 5.41) is 3.91. The monoisotopic (exact) mass is 391 g/mol. The molecule has 0 saturated carbocycles. The molecular weight excluding hydrogens is 366 g/mol. The number of alkyl carbamates (subject to hydrolysis) is 1. The maximum absolute atomic E-state index is 13.4. The van der Waals surface area contributed by atoms with Crippen molar-refractivity contribution in [3.05, 3.63) is 71.4 Å². The molecule has 1 amide bonds. The lowest BCUT2D eigenvalue weighted by atomic mass is 9.84. The van der Waals surface area contributed by atoms with Gasteiger partial charge in [-0.2, -0.15) is 0 Å². The standard InChI is InChI=1S/C23H25N3O3/c1-26(2)11-10-17-13-24-19-9-8-16(12-18(17)19)21(20-14-29-23(28)25-20)22(27)15-6-4-3-5-7-15/h3-9,12-13,20-21,24H,10-11,14H2,1-2H3,(H,25,28). The molecule has 2 atom stereocenters. The quantitative estimate of drug-likeness (QED) is 0.606. The van der Waals surface area contributed by atoms with Crippen LogP contribution in [0.15, 0.2) is 54.7 Å². The zero-order valence-corrected chi connectivity index (χ0v) is 16.6. The molecular formula is C23H25N3O3. The first-order chi connectivity index (χ1) is 14.0. The van der Waals surface area contributed by atoms with E-state index in [0.717, 1.165) is 29.4 Å². The van der Waals surface area contributed by atoms with Crippen LogP contribution in [0.3, 0.4) is 0 Å². The van der Waals surface area contributed by atoms with Crippen molar-refractivity contribution in [2.45, 2.75) is 18.4 Å². The summed E-state index contributed by atoms with van der Waals surface area (Å²) < 4.78 is 5.10. The van der Waals surface area contributed by atoms with Gasteiger partial charge >= 0.3 is 6.09 Å². The van der Waals surface area contributed by atoms with Crippen molar-refractivity contribution < 1.29 is 14.3 Å². The van der Waals surface area contributed by atoms with Gasteiger partial charge in [0.05, 0.1) is 12.0 Å². The predicted octanol–water partition coefficient (Wildman–Crippen LogP) is 3.35. The highest BCUT2D eigenvalue weighted by molar-refractivity contribution is 6.02. The van der Waals surface area contributed by atoms with Gasteiger partial charge in [0.1, 0.15) is 6.61 Å². The van der Waals surface area contributed by atoms with Crippen LogP contribution in [0.5, 0.6) is 0 Å². The number of hydrogen-bond acceptors (Lipinski definition) is 4. The number of benzene rings is 2. The largest absolute Gasteiger partial charge is 0.447 e. The van der Waals surface area contributed by atoms with Crippen molar-refractivity contribution in [3.63, 3.8) is 0 Å². The number of carbonyl (C=O) groups excluding carboxylic acids is 2. The van der Waals surface area contributed by atoms with E-state index in [2.05, 4.69) is 35.4 Å². The van der Waals surface area contributed by atoms with Crippen molar-refractivity contribution in [3.8, 4) is 0 Å². The van der Waals surface area contributed by atoms with Crippen molar-refractivity contribution in [2.75, 3.05) is 27.2 Å². The van der Waals surface area contributed by atoms with Crippen LogP contribution in [-0.2, 0) is 11.2 Å². The number of fused-ring (bicyclic) bond motifs is 1. The molecule has 6 heteroatoms. The SMILES string of the molecule is CN(C)CCc1c[nH]c2ccc(C(C(=O)c3ccccc3)C3COC(=O)N3)cc12. The highest BCUT2D eigenvalue weighted by Crippen LogP contribution is 2.30. The summed E-state index contributed by atoms with van der Waals surface area (Å²) in [4.78, 5) is 30.5. The Kier molecular flexibility index (Phi) is 5.36. The number of aromatic nitrogens is 1. The lowest BCUT2D eigenvalue weighted by Crippen LogP contribution is -2.37. The maximum Gasteiger partial charge on any atom is 0.407 e. The van der Waals surface area contributed by atoms with E-state index in [4.69, 9.17) is 4.74 Å². The van der Waals surface area contributed by atoms with E-state index in [0.29, 0.717) is 5.56 Å². The van der Waals surface area contributed by atoms with E-state index < -0.39 is 18.1 Å². The molecule has 29 heavy (non-hydrogen) atoms. The highest BCUT2D eigenvalue weighted by Gasteiger charge is 2.36. The summed E-state index contributed by atoms with van der Waals surface area (Å²) in [5.41, 5.74) is 3.77. The lowest BCUT2D eigenvalue weighted by molar-refractivity contribution is 0.0938. The first kappa shape index (κ1) is 19.2. The second kappa shape index (κ2) is 8.09. The molecule has 1 saturated heterocycles. The van der Waals surface area contributed by atoms with Gasteiger partial charge in [-0.25, -0.2) is 4.79 Å². The van der Waals surface area contributed by atoms with Crippen LogP contribution in [0.4, 0.5) is 4.79 Å². The highest BCUT2D eigenvalue weighted by atomic mass is 16.6. The Balaban J connectivity index is 1.73. The number of carbonyl (C=O) groups is 2. The van der Waals surface area contributed by atoms with Crippen LogP contribution in [0.1, 0.15) is 27.4 Å². The molecule has 1 aromatic heterocycles. The van der Waals surface area contributed by atoms with Crippen molar-refractivity contribution in [1.29, 1.82) is 0 Å². The van der Waals surface area contributed by atoms with Gasteiger partial charge < -0.3 is 19.9 Å². The van der Waals surface area contributed by atoms with Gasteiger partial charge in [0.2, 0.25) is 0 Å². The number of Topliss-reactive ketones (excluding diaryl/α,β-unsaturated/α-hetero) is 1. The summed E-state index contributed by atoms with van der Waals surface area (Å²) in [6.45, 7) is 1.12. The molecule has 0 radical (unpaired) electrons. The minimum atomic E-state index is -0.509. The molecule has 6 nitrogen and oxygen atoms in total. The molecule has 1 fully saturated rings. The van der Waals surface area contributed by atoms with E-state index in [1.54, 1.807) is 0 Å². The van der Waals surface area contributed by atoms with E-state index in [1.807, 2.05) is 48.7 Å². The third-order valence-electron chi connectivity index (χ3n) is 5.42. The van der Waals surface area contributed by atoms with Gasteiger partial charge in [-0.1, -0.05) is 36.4 Å². The van der Waals surface area contributed by atoms with Crippen molar-refractivity contribution in [2.24, 2.45) is 0 Å². The Bertz CT molecular complexity index is 1030. The molecule has 0 bridgehead atoms. The van der Waals surface area contributed by atoms with Gasteiger partial charge in [0.15, 0.2) is 5.78 Å². The fraction of sp³-hybridized carbons (Fsp3) is 0.304. The average molecular weight is 391 g/mol. The molecule has 2 heterocycles. The van der Waals surface area contributed by atoms with E-state index in [9.17, 15) is 9.59 Å². The molecule has 2 unspecified atom stereocenters. The van der Waals surface area contributed by atoms with E-state index >= 15 is 0 Å². The fourth-order valence-electron chi connectivity index (χ4n) is 3.87. The van der Waals surface area contributed by atoms with Crippen molar-refractivity contribution in [1.82, 2.24) is 15.2 Å². The van der Waals surface area contributed by atoms with E-state index in [1.165, 1.54) is 5.56 Å². The number of H-pyrrole nitrogens is 1. The number of aromatic amines is 1. The third kappa shape index (κ3) is 4.03. The molecule has 150 valence electrons. The smallest absolute Gasteiger partial charge is 0.407 e. The first-order valence-corrected chi connectivity index (χ1v) is 9.80. The summed E-state index contributed by atoms with van der Waals surface area (Å²) in [6, 6.07) is 14.9. The number of nitrogens with zero attached hydrogens (tertiary/aromatic N) is 1. The number of nitrogens with one attached hydrogen (secondary N) is 2. The van der Waals surface area contributed by atoms with Gasteiger partial charge in [-0.05, 0) is 43.8 Å². The summed E-state index contributed by atoms with van der Waals surface area (Å²) in [6.07, 6.45) is 2.47. The number of ketones is 1. The zero-order valence-electron chi connectivity index (χ0n) is 16.6. The van der Waals surface area contributed by atoms with Crippen LogP contribution in [0, 0.1) is 0 Å². The maximum atomic E-state index is 13.4. The number of amides is 1. The minimum Gasteiger partial charge on any atom is -0.447 e. The van der Waals surface area contributed by atoms with Crippen molar-refractivity contribution >= 4 is 22.8 Å². The molecule has 3 aromatic rings. The minimum absolute atomic E-state index is 0.0221. The molecule has 1 aliphatic heterocycles. The first-order valence-electron chi connectivity index (χ1n) is 9.80. The number of cyclic esters (lactones) is 1. The zero-order chi connectivity index (χ0) is 20.4. The Labute approximate surface area is 169 Å². The van der Waals surface area contributed by atoms with Crippen LogP contribution in [-0.4, -0.2) is 55.0 Å². The van der Waals surface area contributed by atoms with Crippen LogP contribution < -0.4 is 5.32 Å². The number of ether oxygens (including phenoxy) is 1. The number of likely N-dealkylation sites (N-methyl/N-ethyl adjacent to an activating group) is 1. The Morgan fingerprint density at radius 1 is 1.21 bits per heavy atom. The van der Waals surface area contributed by atoms with Crippen LogP contribution in [0.25, 0.3) is 10.9 Å². The molecule has 4 rings (SSSR count). The van der Waals surface area contributed by atoms with Gasteiger partial charge in [0, 0.05) is 29.2 Å². The summed E-state index contributed by atoms with van der Waals surface area (Å²) in [5.74, 6) is -0.532. The average Bonchev–Trinajstić information content (AvgIpc) is 3.33. The molecule has 2 N–H and O–H groups in total. The van der Waals surface area contributed by atoms with Gasteiger partial charge in [-0.3, -0.25) is 4.79 Å². The summed E-state index contributed by atoms with van der Waals surface area (Å²) >= 11 is 0. The third-order valence-corrected chi connectivity index (χ3v) is 5.42. The Morgan fingerprint density at radius 2 is 2.00 bits per heavy atom. The Hall–Kier alpha value is -3.12. The topological polar surface area (TPSA) is 74.4 Å². The van der Waals surface area contributed by atoms with Crippen LogP contribution >= 0.6 is 0 Å². The summed E-state index contributed by atoms with van der Waals surface area (Å²) in [7, 11) is 4.11. The molecule has 0 aliphatic carbocycles. The molecule has 1 aliphatic rings. The lowest BCUT2D eigenvalue weighted by Gasteiger charge is -2.21. The van der Waals surface area contributed by atoms with Crippen LogP contribution in [0.2, 0.25) is 0 Å². The number of rotatable bonds is 7. The van der Waals surface area contributed by atoms with Gasteiger partial charge in [-0.15, -0.1) is 0 Å². The fourth-order valence-corrected chi connectivity index (χ4v) is 3.87. The molecule has 2 aromatic carbocycles. The second-order valence-corrected chi connectivity index (χ2v) is 7.73. The molecule has 0 spiro atoms. The van der Waals surface area contributed by atoms with Gasteiger partial charge in [0.25, 0.3) is 0 Å². The second-order valence-electron chi connectivity index (χ2n) is 7.73. The predicted molar refractivity (Wildman–Crippen MR) is 112 cm³/mol. The number of hydrogen-bond donors (Lipinski definition) is 2.